The highest BCUT2D eigenvalue weighted by Gasteiger charge is 2.36. The first-order valence-corrected chi connectivity index (χ1v) is 9.18. The largest absolute Gasteiger partial charge is 0.381 e. The summed E-state index contributed by atoms with van der Waals surface area (Å²) in [6.45, 7) is 4.67. The number of rotatable bonds is 5. The quantitative estimate of drug-likeness (QED) is 0.734. The number of ether oxygens (including phenoxy) is 2. The molecular formula is C18H28Cl3N3O3. The molecule has 0 bridgehead atoms. The number of morpholine rings is 1. The Bertz CT molecular complexity index is 577. The van der Waals surface area contributed by atoms with Gasteiger partial charge in [0.05, 0.1) is 24.8 Å². The maximum atomic E-state index is 12.6. The van der Waals surface area contributed by atoms with E-state index in [-0.39, 0.29) is 36.8 Å². The van der Waals surface area contributed by atoms with Gasteiger partial charge in [0.25, 0.3) is 0 Å². The monoisotopic (exact) mass is 439 g/mol. The second kappa shape index (κ2) is 11.4. The van der Waals surface area contributed by atoms with Gasteiger partial charge in [-0.2, -0.15) is 0 Å². The molecular weight excluding hydrogens is 413 g/mol. The molecule has 2 saturated heterocycles. The van der Waals surface area contributed by atoms with Gasteiger partial charge in [-0.3, -0.25) is 9.69 Å². The minimum absolute atomic E-state index is 0. The topological polar surface area (TPSA) is 76.8 Å². The van der Waals surface area contributed by atoms with Gasteiger partial charge >= 0.3 is 0 Å². The van der Waals surface area contributed by atoms with Gasteiger partial charge in [0.2, 0.25) is 5.91 Å². The molecule has 1 aromatic rings. The molecule has 3 N–H and O–H groups in total. The fourth-order valence-corrected chi connectivity index (χ4v) is 3.49. The number of nitrogens with one attached hydrogen (secondary N) is 1. The van der Waals surface area contributed by atoms with Crippen molar-refractivity contribution < 1.29 is 14.3 Å². The molecule has 154 valence electrons. The number of nitrogens with zero attached hydrogens (tertiary/aromatic N) is 1. The van der Waals surface area contributed by atoms with Crippen molar-refractivity contribution in [2.75, 3.05) is 46.1 Å². The molecule has 1 aromatic carbocycles. The van der Waals surface area contributed by atoms with E-state index in [4.69, 9.17) is 26.8 Å². The minimum Gasteiger partial charge on any atom is -0.381 e. The van der Waals surface area contributed by atoms with E-state index in [0.717, 1.165) is 18.7 Å². The molecule has 2 aliphatic heterocycles. The molecule has 1 unspecified atom stereocenters. The first-order chi connectivity index (χ1) is 12.1. The van der Waals surface area contributed by atoms with Crippen molar-refractivity contribution in [3.05, 3.63) is 34.9 Å². The number of carbonyl (C=O) groups excluding carboxylic acids is 1. The number of hydrogen-bond acceptors (Lipinski definition) is 5. The smallest absolute Gasteiger partial charge is 0.240 e. The summed E-state index contributed by atoms with van der Waals surface area (Å²) in [5.74, 6) is -0.0944. The van der Waals surface area contributed by atoms with Gasteiger partial charge in [0, 0.05) is 37.9 Å². The van der Waals surface area contributed by atoms with Crippen LogP contribution < -0.4 is 11.1 Å². The third-order valence-corrected chi connectivity index (χ3v) is 5.29. The Labute approximate surface area is 177 Å². The van der Waals surface area contributed by atoms with E-state index in [1.807, 2.05) is 24.3 Å². The van der Waals surface area contributed by atoms with E-state index in [0.29, 0.717) is 50.8 Å². The second-order valence-corrected chi connectivity index (χ2v) is 7.13. The zero-order chi connectivity index (χ0) is 17.7. The van der Waals surface area contributed by atoms with Gasteiger partial charge in [-0.25, -0.2) is 0 Å². The van der Waals surface area contributed by atoms with Gasteiger partial charge in [-0.15, -0.1) is 24.8 Å². The van der Waals surface area contributed by atoms with Crippen LogP contribution in [0.2, 0.25) is 5.02 Å². The first kappa shape index (κ1) is 24.4. The lowest BCUT2D eigenvalue weighted by molar-refractivity contribution is -0.130. The fraction of sp³-hybridized carbons (Fsp3) is 0.611. The summed E-state index contributed by atoms with van der Waals surface area (Å²) in [5.41, 5.74) is 6.59. The molecule has 2 aliphatic rings. The highest BCUT2D eigenvalue weighted by Crippen LogP contribution is 2.24. The average Bonchev–Trinajstić information content (AvgIpc) is 2.64. The summed E-state index contributed by atoms with van der Waals surface area (Å²) in [4.78, 5) is 15.0. The van der Waals surface area contributed by atoms with Crippen molar-refractivity contribution in [2.45, 2.75) is 24.4 Å². The Morgan fingerprint density at radius 1 is 1.11 bits per heavy atom. The molecule has 0 saturated carbocycles. The number of amides is 1. The lowest BCUT2D eigenvalue weighted by Crippen LogP contribution is -2.58. The number of carbonyl (C=O) groups is 1. The predicted octanol–water partition coefficient (Wildman–Crippen LogP) is 2.18. The molecule has 2 fully saturated rings. The third kappa shape index (κ3) is 6.46. The molecule has 1 atom stereocenters. The normalized spacial score (nSPS) is 20.7. The van der Waals surface area contributed by atoms with Gasteiger partial charge in [0.15, 0.2) is 0 Å². The molecule has 9 heteroatoms. The SMILES string of the molecule is Cl.Cl.NC1(C(=O)NCC(c2ccc(Cl)cc2)N2CCOCC2)CCOCC1. The van der Waals surface area contributed by atoms with Crippen LogP contribution in [-0.4, -0.2) is 62.4 Å². The third-order valence-electron chi connectivity index (χ3n) is 5.03. The summed E-state index contributed by atoms with van der Waals surface area (Å²) in [7, 11) is 0. The lowest BCUT2D eigenvalue weighted by atomic mass is 9.90. The molecule has 27 heavy (non-hydrogen) atoms. The van der Waals surface area contributed by atoms with Crippen molar-refractivity contribution >= 4 is 42.3 Å². The van der Waals surface area contributed by atoms with Crippen LogP contribution in [-0.2, 0) is 14.3 Å². The van der Waals surface area contributed by atoms with E-state index < -0.39 is 5.54 Å². The first-order valence-electron chi connectivity index (χ1n) is 8.81. The Morgan fingerprint density at radius 2 is 1.67 bits per heavy atom. The highest BCUT2D eigenvalue weighted by atomic mass is 35.5. The van der Waals surface area contributed by atoms with Crippen molar-refractivity contribution in [2.24, 2.45) is 5.73 Å². The molecule has 1 amide bonds. The van der Waals surface area contributed by atoms with Gasteiger partial charge in [-0.05, 0) is 30.5 Å². The molecule has 6 nitrogen and oxygen atoms in total. The molecule has 0 radical (unpaired) electrons. The summed E-state index contributed by atoms with van der Waals surface area (Å²) in [5, 5.41) is 3.77. The number of halogens is 3. The second-order valence-electron chi connectivity index (χ2n) is 6.69. The Hall–Kier alpha value is -0.600. The summed E-state index contributed by atoms with van der Waals surface area (Å²) >= 11 is 6.02. The van der Waals surface area contributed by atoms with Gasteiger partial charge in [0.1, 0.15) is 0 Å². The standard InChI is InChI=1S/C18H26ClN3O3.2ClH/c19-15-3-1-14(2-4-15)16(22-7-11-25-12-8-22)13-21-17(23)18(20)5-9-24-10-6-18;;/h1-4,16H,5-13,20H2,(H,21,23);2*1H. The van der Waals surface area contributed by atoms with Crippen molar-refractivity contribution in [3.8, 4) is 0 Å². The molecule has 0 aliphatic carbocycles. The zero-order valence-electron chi connectivity index (χ0n) is 15.2. The molecule has 3 rings (SSSR count). The van der Waals surface area contributed by atoms with Gasteiger partial charge in [-0.1, -0.05) is 23.7 Å². The Morgan fingerprint density at radius 3 is 2.26 bits per heavy atom. The minimum atomic E-state index is -0.826. The maximum absolute atomic E-state index is 12.6. The van der Waals surface area contributed by atoms with E-state index in [1.54, 1.807) is 0 Å². The van der Waals surface area contributed by atoms with E-state index in [1.165, 1.54) is 0 Å². The fourth-order valence-electron chi connectivity index (χ4n) is 3.36. The van der Waals surface area contributed by atoms with Crippen molar-refractivity contribution in [1.29, 1.82) is 0 Å². The molecule has 2 heterocycles. The Kier molecular flexibility index (Phi) is 10.3. The van der Waals surface area contributed by atoms with Crippen LogP contribution in [0.15, 0.2) is 24.3 Å². The summed E-state index contributed by atoms with van der Waals surface area (Å²) in [6, 6.07) is 7.88. The predicted molar refractivity (Wildman–Crippen MR) is 111 cm³/mol. The van der Waals surface area contributed by atoms with Crippen LogP contribution in [0.5, 0.6) is 0 Å². The van der Waals surface area contributed by atoms with Crippen molar-refractivity contribution in [3.63, 3.8) is 0 Å². The van der Waals surface area contributed by atoms with Crippen LogP contribution in [0.3, 0.4) is 0 Å². The van der Waals surface area contributed by atoms with E-state index in [9.17, 15) is 4.79 Å². The summed E-state index contributed by atoms with van der Waals surface area (Å²) in [6.07, 6.45) is 1.12. The molecule has 0 spiro atoms. The highest BCUT2D eigenvalue weighted by molar-refractivity contribution is 6.30. The van der Waals surface area contributed by atoms with Crippen LogP contribution in [0.1, 0.15) is 24.4 Å². The van der Waals surface area contributed by atoms with Crippen LogP contribution in [0.25, 0.3) is 0 Å². The van der Waals surface area contributed by atoms with Crippen molar-refractivity contribution in [1.82, 2.24) is 10.2 Å². The van der Waals surface area contributed by atoms with Crippen LogP contribution in [0, 0.1) is 0 Å². The van der Waals surface area contributed by atoms with Crippen LogP contribution >= 0.6 is 36.4 Å². The Balaban J connectivity index is 0.00000182. The average molecular weight is 441 g/mol. The van der Waals surface area contributed by atoms with E-state index in [2.05, 4.69) is 10.2 Å². The summed E-state index contributed by atoms with van der Waals surface area (Å²) < 4.78 is 10.8. The van der Waals surface area contributed by atoms with E-state index >= 15 is 0 Å². The lowest BCUT2D eigenvalue weighted by Gasteiger charge is -2.36. The number of nitrogens with two attached hydrogens (primary N) is 1. The number of benzene rings is 1. The maximum Gasteiger partial charge on any atom is 0.240 e. The zero-order valence-corrected chi connectivity index (χ0v) is 17.6. The van der Waals surface area contributed by atoms with Crippen LogP contribution in [0.4, 0.5) is 0 Å². The van der Waals surface area contributed by atoms with Gasteiger partial charge < -0.3 is 20.5 Å². The number of hydrogen-bond donors (Lipinski definition) is 2. The molecule has 0 aromatic heterocycles.